The smallest absolute Gasteiger partial charge is 0.234 e. The first-order valence-electron chi connectivity index (χ1n) is 10.5. The molecule has 1 aliphatic rings. The number of rotatable bonds is 8. The molecule has 3 heterocycles. The van der Waals surface area contributed by atoms with E-state index in [2.05, 4.69) is 36.6 Å². The molecule has 0 aromatic carbocycles. The highest BCUT2D eigenvalue weighted by Gasteiger charge is 2.23. The maximum atomic E-state index is 12.1. The van der Waals surface area contributed by atoms with Crippen LogP contribution in [-0.4, -0.2) is 65.2 Å². The summed E-state index contributed by atoms with van der Waals surface area (Å²) in [6.07, 6.45) is 3.84. The molecular weight excluding hydrogens is 380 g/mol. The number of carbonyl (C=O) groups excluding carboxylic acids is 1. The predicted molar refractivity (Wildman–Crippen MR) is 117 cm³/mol. The molecule has 162 valence electrons. The van der Waals surface area contributed by atoms with E-state index in [-0.39, 0.29) is 11.9 Å². The maximum Gasteiger partial charge on any atom is 0.234 e. The van der Waals surface area contributed by atoms with E-state index < -0.39 is 0 Å². The standard InChI is InChI=1S/C22H32N6O2/c1-15-11-16(2)26-22(25-15)27-19-5-6-20(23-12-19)18-7-9-28(10-8-18)13-21(29)24-17(3)14-30-4/h5-6,11-12,17-18H,7-10,13-14H2,1-4H3,(H,24,29)(H,25,26,27)/t17-/m0/s1. The number of hydrogen-bond donors (Lipinski definition) is 2. The molecule has 8 nitrogen and oxygen atoms in total. The van der Waals surface area contributed by atoms with Crippen LogP contribution >= 0.6 is 0 Å². The van der Waals surface area contributed by atoms with Crippen LogP contribution in [0.5, 0.6) is 0 Å². The number of amides is 1. The number of nitrogens with one attached hydrogen (secondary N) is 2. The topological polar surface area (TPSA) is 92.3 Å². The molecule has 30 heavy (non-hydrogen) atoms. The van der Waals surface area contributed by atoms with Crippen molar-refractivity contribution in [2.75, 3.05) is 38.7 Å². The van der Waals surface area contributed by atoms with E-state index >= 15 is 0 Å². The Morgan fingerprint density at radius 3 is 2.53 bits per heavy atom. The van der Waals surface area contributed by atoms with Gasteiger partial charge >= 0.3 is 0 Å². The minimum Gasteiger partial charge on any atom is -0.383 e. The van der Waals surface area contributed by atoms with E-state index in [1.165, 1.54) is 0 Å². The fourth-order valence-electron chi connectivity index (χ4n) is 3.83. The van der Waals surface area contributed by atoms with Crippen molar-refractivity contribution < 1.29 is 9.53 Å². The Morgan fingerprint density at radius 2 is 1.93 bits per heavy atom. The van der Waals surface area contributed by atoms with Gasteiger partial charge in [-0.05, 0) is 64.9 Å². The van der Waals surface area contributed by atoms with Crippen LogP contribution < -0.4 is 10.6 Å². The van der Waals surface area contributed by atoms with Gasteiger partial charge in [-0.15, -0.1) is 0 Å². The zero-order chi connectivity index (χ0) is 21.5. The zero-order valence-electron chi connectivity index (χ0n) is 18.3. The number of aromatic nitrogens is 3. The van der Waals surface area contributed by atoms with E-state index in [1.54, 1.807) is 7.11 Å². The van der Waals surface area contributed by atoms with Crippen LogP contribution in [0.2, 0.25) is 0 Å². The molecule has 0 radical (unpaired) electrons. The Balaban J connectivity index is 1.48. The van der Waals surface area contributed by atoms with Gasteiger partial charge in [-0.25, -0.2) is 9.97 Å². The molecule has 2 aromatic rings. The fraction of sp³-hybridized carbons (Fsp3) is 0.545. The second-order valence-electron chi connectivity index (χ2n) is 8.05. The van der Waals surface area contributed by atoms with Crippen molar-refractivity contribution in [3.8, 4) is 0 Å². The monoisotopic (exact) mass is 412 g/mol. The van der Waals surface area contributed by atoms with Crippen molar-refractivity contribution in [2.24, 2.45) is 0 Å². The van der Waals surface area contributed by atoms with E-state index in [9.17, 15) is 4.79 Å². The third kappa shape index (κ3) is 6.47. The second kappa shape index (κ2) is 10.4. The second-order valence-corrected chi connectivity index (χ2v) is 8.05. The summed E-state index contributed by atoms with van der Waals surface area (Å²) in [5.41, 5.74) is 3.84. The fourth-order valence-corrected chi connectivity index (χ4v) is 3.83. The third-order valence-electron chi connectivity index (χ3n) is 5.22. The van der Waals surface area contributed by atoms with Crippen molar-refractivity contribution >= 4 is 17.5 Å². The summed E-state index contributed by atoms with van der Waals surface area (Å²) in [5.74, 6) is 1.07. The van der Waals surface area contributed by atoms with E-state index in [0.717, 1.165) is 48.7 Å². The van der Waals surface area contributed by atoms with Gasteiger partial charge < -0.3 is 15.4 Å². The zero-order valence-corrected chi connectivity index (χ0v) is 18.3. The van der Waals surface area contributed by atoms with Gasteiger partial charge in [0.1, 0.15) is 0 Å². The highest BCUT2D eigenvalue weighted by atomic mass is 16.5. The molecule has 0 aliphatic carbocycles. The Hall–Kier alpha value is -2.58. The number of ether oxygens (including phenoxy) is 1. The van der Waals surface area contributed by atoms with E-state index in [4.69, 9.17) is 4.74 Å². The number of pyridine rings is 1. The van der Waals surface area contributed by atoms with Crippen LogP contribution in [0.3, 0.4) is 0 Å². The summed E-state index contributed by atoms with van der Waals surface area (Å²) in [7, 11) is 1.64. The van der Waals surface area contributed by atoms with Crippen molar-refractivity contribution in [1.82, 2.24) is 25.2 Å². The van der Waals surface area contributed by atoms with Crippen LogP contribution in [0, 0.1) is 13.8 Å². The first-order valence-corrected chi connectivity index (χ1v) is 10.5. The van der Waals surface area contributed by atoms with E-state index in [0.29, 0.717) is 25.0 Å². The lowest BCUT2D eigenvalue weighted by atomic mass is 9.93. The number of likely N-dealkylation sites (tertiary alicyclic amines) is 1. The molecule has 0 saturated carbocycles. The van der Waals surface area contributed by atoms with Crippen LogP contribution in [0.4, 0.5) is 11.6 Å². The Bertz CT molecular complexity index is 814. The van der Waals surface area contributed by atoms with Crippen molar-refractivity contribution in [2.45, 2.75) is 45.6 Å². The normalized spacial score (nSPS) is 16.3. The molecule has 1 atom stereocenters. The molecule has 2 N–H and O–H groups in total. The van der Waals surface area contributed by atoms with Crippen molar-refractivity contribution in [3.05, 3.63) is 41.5 Å². The van der Waals surface area contributed by atoms with Gasteiger partial charge in [-0.2, -0.15) is 0 Å². The molecule has 2 aromatic heterocycles. The molecular formula is C22H32N6O2. The lowest BCUT2D eigenvalue weighted by Gasteiger charge is -2.31. The van der Waals surface area contributed by atoms with Gasteiger partial charge in [-0.1, -0.05) is 0 Å². The molecule has 0 spiro atoms. The van der Waals surface area contributed by atoms with Crippen LogP contribution in [-0.2, 0) is 9.53 Å². The van der Waals surface area contributed by atoms with Crippen molar-refractivity contribution in [3.63, 3.8) is 0 Å². The molecule has 3 rings (SSSR count). The van der Waals surface area contributed by atoms with Crippen LogP contribution in [0.1, 0.15) is 42.8 Å². The number of anilines is 2. The first kappa shape index (κ1) is 22.1. The van der Waals surface area contributed by atoms with Crippen LogP contribution in [0.25, 0.3) is 0 Å². The number of carbonyl (C=O) groups is 1. The highest BCUT2D eigenvalue weighted by Crippen LogP contribution is 2.27. The Labute approximate surface area is 178 Å². The summed E-state index contributed by atoms with van der Waals surface area (Å²) in [4.78, 5) is 27.8. The maximum absolute atomic E-state index is 12.1. The average molecular weight is 413 g/mol. The minimum absolute atomic E-state index is 0.0329. The molecule has 1 saturated heterocycles. The van der Waals surface area contributed by atoms with Gasteiger partial charge in [0.05, 0.1) is 25.0 Å². The predicted octanol–water partition coefficient (Wildman–Crippen LogP) is 2.56. The number of piperidine rings is 1. The van der Waals surface area contributed by atoms with Crippen LogP contribution in [0.15, 0.2) is 24.4 Å². The van der Waals surface area contributed by atoms with Gasteiger partial charge in [0.25, 0.3) is 0 Å². The quantitative estimate of drug-likeness (QED) is 0.688. The third-order valence-corrected chi connectivity index (χ3v) is 5.22. The number of hydrogen-bond acceptors (Lipinski definition) is 7. The summed E-state index contributed by atoms with van der Waals surface area (Å²) >= 11 is 0. The molecule has 0 bridgehead atoms. The van der Waals surface area contributed by atoms with Gasteiger partial charge in [0.2, 0.25) is 11.9 Å². The largest absolute Gasteiger partial charge is 0.383 e. The summed E-state index contributed by atoms with van der Waals surface area (Å²) in [6.45, 7) is 8.62. The number of aryl methyl sites for hydroxylation is 2. The number of methoxy groups -OCH3 is 1. The molecule has 0 unspecified atom stereocenters. The summed E-state index contributed by atoms with van der Waals surface area (Å²) in [5, 5.41) is 6.19. The Kier molecular flexibility index (Phi) is 7.70. The summed E-state index contributed by atoms with van der Waals surface area (Å²) in [6, 6.07) is 6.08. The van der Waals surface area contributed by atoms with Crippen molar-refractivity contribution in [1.29, 1.82) is 0 Å². The molecule has 1 amide bonds. The molecule has 8 heteroatoms. The molecule has 1 fully saturated rings. The van der Waals surface area contributed by atoms with E-state index in [1.807, 2.05) is 39.1 Å². The number of nitrogens with zero attached hydrogens (tertiary/aromatic N) is 4. The van der Waals surface area contributed by atoms with Gasteiger partial charge in [0, 0.05) is 36.2 Å². The van der Waals surface area contributed by atoms with Gasteiger partial charge in [-0.3, -0.25) is 14.7 Å². The lowest BCUT2D eigenvalue weighted by Crippen LogP contribution is -2.44. The first-order chi connectivity index (χ1) is 14.4. The highest BCUT2D eigenvalue weighted by molar-refractivity contribution is 5.78. The Morgan fingerprint density at radius 1 is 1.23 bits per heavy atom. The average Bonchev–Trinajstić information content (AvgIpc) is 2.68. The van der Waals surface area contributed by atoms with Gasteiger partial charge in [0.15, 0.2) is 0 Å². The lowest BCUT2D eigenvalue weighted by molar-refractivity contribution is -0.123. The summed E-state index contributed by atoms with van der Waals surface area (Å²) < 4.78 is 5.06. The molecule has 1 aliphatic heterocycles. The minimum atomic E-state index is 0.0329. The SMILES string of the molecule is COC[C@H](C)NC(=O)CN1CCC(c2ccc(Nc3nc(C)cc(C)n3)cn2)CC1.